The van der Waals surface area contributed by atoms with Crippen molar-refractivity contribution in [2.45, 2.75) is 6.92 Å². The molecule has 0 amide bonds. The van der Waals surface area contributed by atoms with Crippen molar-refractivity contribution in [1.29, 1.82) is 0 Å². The van der Waals surface area contributed by atoms with Crippen LogP contribution in [0.5, 0.6) is 0 Å². The van der Waals surface area contributed by atoms with Gasteiger partial charge < -0.3 is 0 Å². The van der Waals surface area contributed by atoms with Crippen LogP contribution in [0.3, 0.4) is 0 Å². The Morgan fingerprint density at radius 1 is 1.75 bits per heavy atom. The smallest absolute Gasteiger partial charge is 0.0593 e. The molecular formula is C8H8. The van der Waals surface area contributed by atoms with Gasteiger partial charge in [-0.05, 0) is 6.92 Å². The summed E-state index contributed by atoms with van der Waals surface area (Å²) in [6.45, 7) is 2.05. The van der Waals surface area contributed by atoms with Crippen molar-refractivity contribution in [3.63, 3.8) is 0 Å². The summed E-state index contributed by atoms with van der Waals surface area (Å²) in [4.78, 5) is 0. The molecule has 0 N–H and O–H groups in total. The topological polar surface area (TPSA) is 0 Å². The molecule has 0 spiro atoms. The molecule has 1 unspecified atom stereocenters. The molecule has 1 aliphatic carbocycles. The third kappa shape index (κ3) is 0.675. The van der Waals surface area contributed by atoms with Crippen molar-refractivity contribution in [3.05, 3.63) is 23.8 Å². The minimum Gasteiger partial charge on any atom is -0.119 e. The van der Waals surface area contributed by atoms with Gasteiger partial charge in [0.1, 0.15) is 0 Å². The molecule has 0 saturated heterocycles. The molecule has 0 fully saturated rings. The lowest BCUT2D eigenvalue weighted by Gasteiger charge is -1.96. The molecule has 0 heterocycles. The number of terminal acetylenes is 1. The number of hydrogen-bond acceptors (Lipinski definition) is 0. The molecule has 0 saturated carbocycles. The van der Waals surface area contributed by atoms with Gasteiger partial charge in [-0.25, -0.2) is 0 Å². The zero-order valence-corrected chi connectivity index (χ0v) is 4.89. The highest BCUT2D eigenvalue weighted by atomic mass is 14.1. The van der Waals surface area contributed by atoms with E-state index in [9.17, 15) is 0 Å². The SMILES string of the molecule is C#CC1C=CC=C1C. The second kappa shape index (κ2) is 1.88. The van der Waals surface area contributed by atoms with Crippen molar-refractivity contribution in [2.75, 3.05) is 0 Å². The molecule has 1 aliphatic rings. The monoisotopic (exact) mass is 104 g/mol. The Kier molecular flexibility index (Phi) is 1.22. The Morgan fingerprint density at radius 3 is 2.75 bits per heavy atom. The summed E-state index contributed by atoms with van der Waals surface area (Å²) in [6, 6.07) is 0. The highest BCUT2D eigenvalue weighted by Gasteiger charge is 2.04. The molecule has 0 aliphatic heterocycles. The maximum Gasteiger partial charge on any atom is 0.0593 e. The van der Waals surface area contributed by atoms with E-state index in [0.29, 0.717) is 0 Å². The third-order valence-corrected chi connectivity index (χ3v) is 1.33. The summed E-state index contributed by atoms with van der Waals surface area (Å²) in [5.41, 5.74) is 1.27. The maximum atomic E-state index is 5.18. The Balaban J connectivity index is 2.76. The third-order valence-electron chi connectivity index (χ3n) is 1.33. The van der Waals surface area contributed by atoms with Crippen LogP contribution in [0.2, 0.25) is 0 Å². The van der Waals surface area contributed by atoms with Gasteiger partial charge in [-0.15, -0.1) is 6.42 Å². The summed E-state index contributed by atoms with van der Waals surface area (Å²) in [5, 5.41) is 0. The second-order valence-corrected chi connectivity index (χ2v) is 1.94. The van der Waals surface area contributed by atoms with E-state index in [-0.39, 0.29) is 5.92 Å². The minimum atomic E-state index is 0.273. The van der Waals surface area contributed by atoms with Crippen LogP contribution >= 0.6 is 0 Å². The number of rotatable bonds is 0. The van der Waals surface area contributed by atoms with Gasteiger partial charge in [0.05, 0.1) is 5.92 Å². The summed E-state index contributed by atoms with van der Waals surface area (Å²) in [7, 11) is 0. The number of hydrogen-bond donors (Lipinski definition) is 0. The zero-order valence-electron chi connectivity index (χ0n) is 4.89. The average molecular weight is 104 g/mol. The van der Waals surface area contributed by atoms with Crippen molar-refractivity contribution < 1.29 is 0 Å². The van der Waals surface area contributed by atoms with Gasteiger partial charge in [0, 0.05) is 0 Å². The Morgan fingerprint density at radius 2 is 2.50 bits per heavy atom. The predicted molar refractivity (Wildman–Crippen MR) is 35.2 cm³/mol. The van der Waals surface area contributed by atoms with Gasteiger partial charge in [0.2, 0.25) is 0 Å². The van der Waals surface area contributed by atoms with Crippen LogP contribution in [-0.2, 0) is 0 Å². The molecule has 0 aromatic carbocycles. The van der Waals surface area contributed by atoms with Crippen LogP contribution in [0.4, 0.5) is 0 Å². The largest absolute Gasteiger partial charge is 0.119 e. The lowest BCUT2D eigenvalue weighted by molar-refractivity contribution is 1.03. The van der Waals surface area contributed by atoms with E-state index in [0.717, 1.165) is 0 Å². The lowest BCUT2D eigenvalue weighted by Crippen LogP contribution is -1.87. The minimum absolute atomic E-state index is 0.273. The summed E-state index contributed by atoms with van der Waals surface area (Å²) in [6.07, 6.45) is 11.3. The van der Waals surface area contributed by atoms with E-state index in [1.807, 2.05) is 25.2 Å². The normalized spacial score (nSPS) is 25.0. The van der Waals surface area contributed by atoms with E-state index in [4.69, 9.17) is 6.42 Å². The van der Waals surface area contributed by atoms with E-state index < -0.39 is 0 Å². The molecule has 40 valence electrons. The fraction of sp³-hybridized carbons (Fsp3) is 0.250. The first kappa shape index (κ1) is 5.18. The van der Waals surface area contributed by atoms with E-state index in [1.54, 1.807) is 0 Å². The van der Waals surface area contributed by atoms with Gasteiger partial charge in [-0.2, -0.15) is 0 Å². The first-order chi connectivity index (χ1) is 3.84. The molecule has 0 aromatic heterocycles. The highest BCUT2D eigenvalue weighted by Crippen LogP contribution is 2.16. The standard InChI is InChI=1S/C8H8/c1-3-8-6-4-5-7(8)2/h1,4-6,8H,2H3. The molecule has 0 nitrogen and oxygen atoms in total. The summed E-state index contributed by atoms with van der Waals surface area (Å²) < 4.78 is 0. The molecule has 0 radical (unpaired) electrons. The maximum absolute atomic E-state index is 5.18. The van der Waals surface area contributed by atoms with Crippen LogP contribution in [0.15, 0.2) is 23.8 Å². The first-order valence-electron chi connectivity index (χ1n) is 2.65. The lowest BCUT2D eigenvalue weighted by atomic mass is 10.1. The van der Waals surface area contributed by atoms with E-state index in [1.165, 1.54) is 5.57 Å². The molecule has 0 aromatic rings. The summed E-state index contributed by atoms with van der Waals surface area (Å²) >= 11 is 0. The molecule has 0 bridgehead atoms. The summed E-state index contributed by atoms with van der Waals surface area (Å²) in [5.74, 6) is 2.93. The van der Waals surface area contributed by atoms with Crippen LogP contribution in [0, 0.1) is 18.3 Å². The van der Waals surface area contributed by atoms with Crippen molar-refractivity contribution in [3.8, 4) is 12.3 Å². The Hall–Kier alpha value is -0.960. The average Bonchev–Trinajstić information content (AvgIpc) is 2.14. The van der Waals surface area contributed by atoms with Crippen molar-refractivity contribution >= 4 is 0 Å². The quantitative estimate of drug-likeness (QED) is 0.411. The van der Waals surface area contributed by atoms with Crippen LogP contribution in [0.1, 0.15) is 6.92 Å². The van der Waals surface area contributed by atoms with E-state index >= 15 is 0 Å². The van der Waals surface area contributed by atoms with E-state index in [2.05, 4.69) is 5.92 Å². The first-order valence-corrected chi connectivity index (χ1v) is 2.65. The van der Waals surface area contributed by atoms with Gasteiger partial charge in [0.15, 0.2) is 0 Å². The van der Waals surface area contributed by atoms with Crippen LogP contribution in [-0.4, -0.2) is 0 Å². The zero-order chi connectivity index (χ0) is 5.98. The molecular weight excluding hydrogens is 96.1 g/mol. The van der Waals surface area contributed by atoms with Crippen LogP contribution < -0.4 is 0 Å². The van der Waals surface area contributed by atoms with Gasteiger partial charge in [-0.1, -0.05) is 29.7 Å². The fourth-order valence-corrected chi connectivity index (χ4v) is 0.761. The predicted octanol–water partition coefficient (Wildman–Crippen LogP) is 1.75. The van der Waals surface area contributed by atoms with Gasteiger partial charge >= 0.3 is 0 Å². The molecule has 8 heavy (non-hydrogen) atoms. The second-order valence-electron chi connectivity index (χ2n) is 1.94. The molecule has 1 rings (SSSR count). The van der Waals surface area contributed by atoms with Crippen LogP contribution in [0.25, 0.3) is 0 Å². The highest BCUT2D eigenvalue weighted by molar-refractivity contribution is 5.32. The van der Waals surface area contributed by atoms with Gasteiger partial charge in [0.25, 0.3) is 0 Å². The van der Waals surface area contributed by atoms with Crippen molar-refractivity contribution in [1.82, 2.24) is 0 Å². The van der Waals surface area contributed by atoms with Gasteiger partial charge in [-0.3, -0.25) is 0 Å². The fourth-order valence-electron chi connectivity index (χ4n) is 0.761. The van der Waals surface area contributed by atoms with Crippen molar-refractivity contribution in [2.24, 2.45) is 5.92 Å². The Bertz CT molecular complexity index is 177. The number of allylic oxidation sites excluding steroid dienone is 4. The Labute approximate surface area is 49.9 Å². The molecule has 1 atom stereocenters. The molecule has 0 heteroatoms.